The van der Waals surface area contributed by atoms with Crippen molar-refractivity contribution in [2.24, 2.45) is 0 Å². The number of likely N-dealkylation sites (tertiary alicyclic amines) is 1. The fourth-order valence-electron chi connectivity index (χ4n) is 4.94. The van der Waals surface area contributed by atoms with Gasteiger partial charge in [0.25, 0.3) is 0 Å². The number of H-pyrrole nitrogens is 1. The average Bonchev–Trinajstić information content (AvgIpc) is 3.38. The van der Waals surface area contributed by atoms with E-state index in [2.05, 4.69) is 32.1 Å². The minimum absolute atomic E-state index is 0.115. The van der Waals surface area contributed by atoms with Crippen LogP contribution < -0.4 is 15.4 Å². The van der Waals surface area contributed by atoms with Crippen LogP contribution in [0.1, 0.15) is 35.2 Å². The number of alkyl halides is 3. The normalized spacial score (nSPS) is 19.3. The molecular weight excluding hydrogens is 435 g/mol. The van der Waals surface area contributed by atoms with Crippen LogP contribution in [0.25, 0.3) is 10.9 Å². The van der Waals surface area contributed by atoms with Crippen LogP contribution in [0.3, 0.4) is 0 Å². The lowest BCUT2D eigenvalue weighted by Gasteiger charge is -2.33. The maximum atomic E-state index is 14.1. The van der Waals surface area contributed by atoms with Gasteiger partial charge < -0.3 is 20.3 Å². The Labute approximate surface area is 188 Å². The van der Waals surface area contributed by atoms with Crippen molar-refractivity contribution >= 4 is 22.4 Å². The second kappa shape index (κ2) is 8.05. The number of aromatic nitrogens is 4. The highest BCUT2D eigenvalue weighted by molar-refractivity contribution is 5.95. The first kappa shape index (κ1) is 21.7. The van der Waals surface area contributed by atoms with E-state index in [-0.39, 0.29) is 23.8 Å². The number of anilines is 2. The molecule has 0 amide bonds. The van der Waals surface area contributed by atoms with Crippen molar-refractivity contribution in [3.8, 4) is 6.01 Å². The van der Waals surface area contributed by atoms with E-state index in [9.17, 15) is 13.2 Å². The zero-order chi connectivity index (χ0) is 23.3. The van der Waals surface area contributed by atoms with Gasteiger partial charge in [-0.25, -0.2) is 0 Å². The van der Waals surface area contributed by atoms with E-state index in [0.29, 0.717) is 48.0 Å². The first-order valence-electron chi connectivity index (χ1n) is 11.0. The number of hydrogen-bond acceptors (Lipinski definition) is 7. The fourth-order valence-corrected chi connectivity index (χ4v) is 4.94. The molecule has 2 aromatic heterocycles. The van der Waals surface area contributed by atoms with Gasteiger partial charge in [0.15, 0.2) is 0 Å². The predicted molar refractivity (Wildman–Crippen MR) is 118 cm³/mol. The van der Waals surface area contributed by atoms with E-state index in [1.165, 1.54) is 19.2 Å². The quantitative estimate of drug-likeness (QED) is 0.616. The number of nitrogens with zero attached hydrogens (tertiary/aromatic N) is 5. The number of hydrogen-bond donors (Lipinski definition) is 2. The van der Waals surface area contributed by atoms with E-state index in [1.807, 2.05) is 0 Å². The van der Waals surface area contributed by atoms with Crippen LogP contribution in [0.4, 0.5) is 24.7 Å². The van der Waals surface area contributed by atoms with Crippen molar-refractivity contribution < 1.29 is 17.9 Å². The number of halogens is 3. The number of fused-ring (bicyclic) bond motifs is 2. The number of nitrogen functional groups attached to an aromatic ring is 1. The van der Waals surface area contributed by atoms with E-state index < -0.39 is 11.7 Å². The van der Waals surface area contributed by atoms with Gasteiger partial charge in [-0.2, -0.15) is 28.2 Å². The van der Waals surface area contributed by atoms with Crippen LogP contribution >= 0.6 is 0 Å². The molecule has 33 heavy (non-hydrogen) atoms. The second-order valence-electron chi connectivity index (χ2n) is 8.82. The van der Waals surface area contributed by atoms with Crippen molar-refractivity contribution in [1.82, 2.24) is 25.1 Å². The van der Waals surface area contributed by atoms with Crippen LogP contribution in [-0.2, 0) is 19.1 Å². The molecule has 3 aromatic rings. The fraction of sp³-hybridized carbons (Fsp3) is 0.500. The van der Waals surface area contributed by atoms with Crippen molar-refractivity contribution in [3.05, 3.63) is 34.6 Å². The molecule has 5 rings (SSSR count). The number of rotatable bonds is 4. The van der Waals surface area contributed by atoms with Crippen molar-refractivity contribution in [2.45, 2.75) is 44.9 Å². The monoisotopic (exact) mass is 461 g/mol. The molecule has 0 radical (unpaired) electrons. The largest absolute Gasteiger partial charge is 0.462 e. The zero-order valence-electron chi connectivity index (χ0n) is 18.5. The van der Waals surface area contributed by atoms with Crippen molar-refractivity contribution in [3.63, 3.8) is 0 Å². The number of aromatic amines is 1. The molecule has 11 heteroatoms. The van der Waals surface area contributed by atoms with Gasteiger partial charge in [-0.05, 0) is 51.4 Å². The highest BCUT2D eigenvalue weighted by atomic mass is 19.4. The molecule has 2 aliphatic rings. The van der Waals surface area contributed by atoms with Gasteiger partial charge in [-0.15, -0.1) is 0 Å². The smallest absolute Gasteiger partial charge is 0.418 e. The van der Waals surface area contributed by atoms with E-state index in [1.54, 1.807) is 4.90 Å². The number of nitrogens with one attached hydrogen (secondary N) is 1. The third kappa shape index (κ3) is 3.94. The SMILES string of the molecule is Cc1cc2[nH]ncc2c(N2CCc3c(N)nc(OC[C@@H]4CCCN4C)nc3C2)c1C(F)(F)F. The number of likely N-dealkylation sites (N-methyl/N-ethyl adjacent to an activating group) is 1. The Bertz CT molecular complexity index is 1190. The Morgan fingerprint density at radius 1 is 1.27 bits per heavy atom. The van der Waals surface area contributed by atoms with E-state index >= 15 is 0 Å². The van der Waals surface area contributed by atoms with Gasteiger partial charge in [-0.3, -0.25) is 5.10 Å². The Balaban J connectivity index is 1.48. The van der Waals surface area contributed by atoms with Crippen LogP contribution in [0.2, 0.25) is 0 Å². The number of benzene rings is 1. The Morgan fingerprint density at radius 3 is 2.82 bits per heavy atom. The van der Waals surface area contributed by atoms with Crippen molar-refractivity contribution in [2.75, 3.05) is 37.4 Å². The first-order valence-corrected chi connectivity index (χ1v) is 11.0. The number of aryl methyl sites for hydroxylation is 1. The molecule has 0 bridgehead atoms. The number of ether oxygens (including phenoxy) is 1. The molecule has 0 unspecified atom stereocenters. The molecule has 4 heterocycles. The molecule has 0 spiro atoms. The molecule has 1 fully saturated rings. The van der Waals surface area contributed by atoms with Gasteiger partial charge in [0.05, 0.1) is 35.2 Å². The van der Waals surface area contributed by atoms with Gasteiger partial charge in [-0.1, -0.05) is 0 Å². The predicted octanol–water partition coefficient (Wildman–Crippen LogP) is 3.30. The molecule has 1 aromatic carbocycles. The summed E-state index contributed by atoms with van der Waals surface area (Å²) in [6, 6.07) is 1.94. The summed E-state index contributed by atoms with van der Waals surface area (Å²) in [5, 5.41) is 7.19. The van der Waals surface area contributed by atoms with Gasteiger partial charge in [0.1, 0.15) is 12.4 Å². The molecule has 0 aliphatic carbocycles. The minimum Gasteiger partial charge on any atom is -0.462 e. The van der Waals surface area contributed by atoms with Gasteiger partial charge in [0, 0.05) is 23.5 Å². The van der Waals surface area contributed by atoms with Crippen LogP contribution in [-0.4, -0.2) is 57.9 Å². The first-order chi connectivity index (χ1) is 15.7. The second-order valence-corrected chi connectivity index (χ2v) is 8.82. The molecule has 2 aliphatic heterocycles. The number of nitrogens with two attached hydrogens (primary N) is 1. The topological polar surface area (TPSA) is 96.2 Å². The van der Waals surface area contributed by atoms with Crippen LogP contribution in [0.5, 0.6) is 6.01 Å². The minimum atomic E-state index is -4.50. The lowest BCUT2D eigenvalue weighted by Crippen LogP contribution is -2.34. The maximum absolute atomic E-state index is 14.1. The lowest BCUT2D eigenvalue weighted by atomic mass is 9.98. The third-order valence-corrected chi connectivity index (χ3v) is 6.67. The van der Waals surface area contributed by atoms with E-state index in [0.717, 1.165) is 24.9 Å². The molecule has 1 atom stereocenters. The maximum Gasteiger partial charge on any atom is 0.418 e. The third-order valence-electron chi connectivity index (χ3n) is 6.67. The van der Waals surface area contributed by atoms with Crippen LogP contribution in [0.15, 0.2) is 12.3 Å². The van der Waals surface area contributed by atoms with Crippen molar-refractivity contribution in [1.29, 1.82) is 0 Å². The Morgan fingerprint density at radius 2 is 2.09 bits per heavy atom. The summed E-state index contributed by atoms with van der Waals surface area (Å²) >= 11 is 0. The standard InChI is InChI=1S/C22H26F3N7O/c1-12-8-16-15(9-27-30-16)19(18(12)22(23,24)25)32-7-5-14-17(10-32)28-21(29-20(14)26)33-11-13-4-3-6-31(13)2/h8-9,13H,3-7,10-11H2,1-2H3,(H,27,30)(H2,26,28,29)/t13-/m0/s1. The molecule has 0 saturated carbocycles. The summed E-state index contributed by atoms with van der Waals surface area (Å²) < 4.78 is 48.1. The average molecular weight is 461 g/mol. The zero-order valence-corrected chi connectivity index (χ0v) is 18.5. The summed E-state index contributed by atoms with van der Waals surface area (Å²) in [6.45, 7) is 3.48. The summed E-state index contributed by atoms with van der Waals surface area (Å²) in [5.74, 6) is 0.322. The van der Waals surface area contributed by atoms with Crippen LogP contribution in [0, 0.1) is 6.92 Å². The molecule has 3 N–H and O–H groups in total. The molecule has 176 valence electrons. The summed E-state index contributed by atoms with van der Waals surface area (Å²) in [6.07, 6.45) is -0.461. The molecule has 1 saturated heterocycles. The Kier molecular flexibility index (Phi) is 5.31. The summed E-state index contributed by atoms with van der Waals surface area (Å²) in [5.41, 5.74) is 7.71. The highest BCUT2D eigenvalue weighted by Gasteiger charge is 2.39. The summed E-state index contributed by atoms with van der Waals surface area (Å²) in [7, 11) is 2.05. The molecule has 8 nitrogen and oxygen atoms in total. The molecular formula is C22H26F3N7O. The highest BCUT2D eigenvalue weighted by Crippen LogP contribution is 2.44. The van der Waals surface area contributed by atoms with E-state index in [4.69, 9.17) is 10.5 Å². The lowest BCUT2D eigenvalue weighted by molar-refractivity contribution is -0.137. The Hall–Kier alpha value is -3.08. The van der Waals surface area contributed by atoms with Gasteiger partial charge >= 0.3 is 12.2 Å². The van der Waals surface area contributed by atoms with Gasteiger partial charge in [0.2, 0.25) is 0 Å². The summed E-state index contributed by atoms with van der Waals surface area (Å²) in [4.78, 5) is 12.8.